The van der Waals surface area contributed by atoms with Crippen LogP contribution < -0.4 is 9.46 Å². The number of hydrogen-bond acceptors (Lipinski definition) is 4. The molecule has 0 aromatic heterocycles. The molecule has 0 spiro atoms. The molecule has 0 aliphatic carbocycles. The Bertz CT molecular complexity index is 820. The molecule has 0 radical (unpaired) electrons. The van der Waals surface area contributed by atoms with Gasteiger partial charge in [-0.15, -0.1) is 0 Å². The van der Waals surface area contributed by atoms with Crippen molar-refractivity contribution in [1.29, 1.82) is 0 Å². The number of carboxylic acid groups (broad SMARTS) is 1. The van der Waals surface area contributed by atoms with E-state index in [1.54, 1.807) is 36.4 Å². The Morgan fingerprint density at radius 2 is 1.58 bits per heavy atom. The zero-order valence-electron chi connectivity index (χ0n) is 14.0. The van der Waals surface area contributed by atoms with E-state index < -0.39 is 22.6 Å². The lowest BCUT2D eigenvalue weighted by atomic mass is 10.1. The highest BCUT2D eigenvalue weighted by Gasteiger charge is 2.10. The normalized spacial score (nSPS) is 11.3. The Hall–Kier alpha value is -2.09. The Labute approximate surface area is 157 Å². The van der Waals surface area contributed by atoms with E-state index in [9.17, 15) is 13.2 Å². The Kier molecular flexibility index (Phi) is 7.44. The largest absolute Gasteiger partial charge is 0.482 e. The number of halogens is 1. The standard InChI is InChI=1S/C18H20ClNO5S/c19-16-5-1-15(2-6-16)10-12-26(23,24)20-11-9-14-3-7-17(8-4-14)25-13-18(21)22/h1-8,20H,9-13H2,(H,21,22). The number of carboxylic acids is 1. The first-order valence-electron chi connectivity index (χ1n) is 7.99. The van der Waals surface area contributed by atoms with Gasteiger partial charge in [0.15, 0.2) is 6.61 Å². The number of aliphatic carboxylic acids is 1. The van der Waals surface area contributed by atoms with Crippen LogP contribution in [0.3, 0.4) is 0 Å². The summed E-state index contributed by atoms with van der Waals surface area (Å²) in [6, 6.07) is 14.0. The van der Waals surface area contributed by atoms with E-state index in [0.717, 1.165) is 11.1 Å². The van der Waals surface area contributed by atoms with Crippen molar-refractivity contribution in [3.63, 3.8) is 0 Å². The molecule has 0 fully saturated rings. The maximum Gasteiger partial charge on any atom is 0.341 e. The molecular weight excluding hydrogens is 378 g/mol. The molecule has 2 N–H and O–H groups in total. The van der Waals surface area contributed by atoms with Gasteiger partial charge in [-0.2, -0.15) is 0 Å². The number of carbonyl (C=O) groups is 1. The van der Waals surface area contributed by atoms with E-state index >= 15 is 0 Å². The van der Waals surface area contributed by atoms with E-state index in [0.29, 0.717) is 23.6 Å². The summed E-state index contributed by atoms with van der Waals surface area (Å²) in [5.41, 5.74) is 1.84. The van der Waals surface area contributed by atoms with Crippen LogP contribution in [0.2, 0.25) is 5.02 Å². The lowest BCUT2D eigenvalue weighted by molar-refractivity contribution is -0.139. The van der Waals surface area contributed by atoms with Crippen molar-refractivity contribution in [1.82, 2.24) is 4.72 Å². The zero-order valence-corrected chi connectivity index (χ0v) is 15.6. The van der Waals surface area contributed by atoms with Gasteiger partial charge in [0, 0.05) is 11.6 Å². The van der Waals surface area contributed by atoms with Crippen molar-refractivity contribution < 1.29 is 23.1 Å². The number of ether oxygens (including phenoxy) is 1. The van der Waals surface area contributed by atoms with Gasteiger partial charge in [0.05, 0.1) is 5.75 Å². The van der Waals surface area contributed by atoms with Crippen LogP contribution in [-0.2, 0) is 27.7 Å². The van der Waals surface area contributed by atoms with Crippen molar-refractivity contribution in [2.75, 3.05) is 18.9 Å². The molecule has 0 unspecified atom stereocenters. The van der Waals surface area contributed by atoms with Crippen molar-refractivity contribution in [3.8, 4) is 5.75 Å². The minimum absolute atomic E-state index is 0.0105. The maximum atomic E-state index is 12.1. The number of aryl methyl sites for hydroxylation is 1. The van der Waals surface area contributed by atoms with E-state index in [1.807, 2.05) is 12.1 Å². The SMILES string of the molecule is O=C(O)COc1ccc(CCNS(=O)(=O)CCc2ccc(Cl)cc2)cc1. The molecule has 2 aromatic rings. The second-order valence-electron chi connectivity index (χ2n) is 5.67. The molecule has 0 amide bonds. The first kappa shape index (κ1) is 20.2. The Morgan fingerprint density at radius 3 is 2.19 bits per heavy atom. The van der Waals surface area contributed by atoms with Gasteiger partial charge < -0.3 is 9.84 Å². The number of sulfonamides is 1. The Balaban J connectivity index is 1.75. The molecule has 0 bridgehead atoms. The highest BCUT2D eigenvalue weighted by molar-refractivity contribution is 7.89. The molecule has 0 heterocycles. The first-order valence-corrected chi connectivity index (χ1v) is 10.0. The van der Waals surface area contributed by atoms with Gasteiger partial charge in [-0.3, -0.25) is 0 Å². The summed E-state index contributed by atoms with van der Waals surface area (Å²) in [4.78, 5) is 10.4. The fraction of sp³-hybridized carbons (Fsp3) is 0.278. The molecule has 0 saturated carbocycles. The second kappa shape index (κ2) is 9.56. The summed E-state index contributed by atoms with van der Waals surface area (Å²) in [7, 11) is -3.36. The summed E-state index contributed by atoms with van der Waals surface area (Å²) in [6.07, 6.45) is 0.946. The van der Waals surface area contributed by atoms with Crippen LogP contribution in [0.5, 0.6) is 5.75 Å². The summed E-state index contributed by atoms with van der Waals surface area (Å²) in [6.45, 7) is -0.106. The monoisotopic (exact) mass is 397 g/mol. The summed E-state index contributed by atoms with van der Waals surface area (Å²) < 4.78 is 31.7. The number of hydrogen-bond donors (Lipinski definition) is 2. The van der Waals surface area contributed by atoms with Gasteiger partial charge >= 0.3 is 5.97 Å². The van der Waals surface area contributed by atoms with Crippen molar-refractivity contribution >= 4 is 27.6 Å². The number of benzene rings is 2. The average Bonchev–Trinajstić information content (AvgIpc) is 2.60. The molecular formula is C18H20ClNO5S. The van der Waals surface area contributed by atoms with E-state index in [4.69, 9.17) is 21.4 Å². The fourth-order valence-corrected chi connectivity index (χ4v) is 3.41. The molecule has 0 saturated heterocycles. The molecule has 6 nitrogen and oxygen atoms in total. The first-order chi connectivity index (χ1) is 12.3. The Morgan fingerprint density at radius 1 is 1.00 bits per heavy atom. The maximum absolute atomic E-state index is 12.1. The topological polar surface area (TPSA) is 92.7 Å². The van der Waals surface area contributed by atoms with Crippen LogP contribution in [0.25, 0.3) is 0 Å². The molecule has 26 heavy (non-hydrogen) atoms. The van der Waals surface area contributed by atoms with E-state index in [2.05, 4.69) is 4.72 Å². The van der Waals surface area contributed by atoms with Crippen molar-refractivity contribution in [3.05, 3.63) is 64.7 Å². The number of nitrogens with one attached hydrogen (secondary N) is 1. The van der Waals surface area contributed by atoms with Crippen LogP contribution in [0, 0.1) is 0 Å². The van der Waals surface area contributed by atoms with Gasteiger partial charge in [-0.25, -0.2) is 17.9 Å². The molecule has 0 aliphatic heterocycles. The van der Waals surface area contributed by atoms with Gasteiger partial charge in [-0.1, -0.05) is 35.9 Å². The highest BCUT2D eigenvalue weighted by atomic mass is 35.5. The quantitative estimate of drug-likeness (QED) is 0.642. The average molecular weight is 398 g/mol. The van der Waals surface area contributed by atoms with Crippen LogP contribution in [0.1, 0.15) is 11.1 Å². The van der Waals surface area contributed by atoms with Crippen LogP contribution in [-0.4, -0.2) is 38.4 Å². The number of rotatable bonds is 10. The lowest BCUT2D eigenvalue weighted by Gasteiger charge is -2.08. The zero-order chi connectivity index (χ0) is 19.0. The third-order valence-corrected chi connectivity index (χ3v) is 5.23. The van der Waals surface area contributed by atoms with E-state index in [-0.39, 0.29) is 12.3 Å². The van der Waals surface area contributed by atoms with Crippen LogP contribution in [0.15, 0.2) is 48.5 Å². The summed E-state index contributed by atoms with van der Waals surface area (Å²) >= 11 is 5.81. The summed E-state index contributed by atoms with van der Waals surface area (Å²) in [5.74, 6) is -0.571. The van der Waals surface area contributed by atoms with Gasteiger partial charge in [0.2, 0.25) is 10.0 Å². The fourth-order valence-electron chi connectivity index (χ4n) is 2.22. The molecule has 8 heteroatoms. The predicted molar refractivity (Wildman–Crippen MR) is 100 cm³/mol. The molecule has 0 atom stereocenters. The molecule has 140 valence electrons. The van der Waals surface area contributed by atoms with Crippen LogP contribution in [0.4, 0.5) is 0 Å². The van der Waals surface area contributed by atoms with Crippen LogP contribution >= 0.6 is 11.6 Å². The molecule has 0 aliphatic rings. The third-order valence-electron chi connectivity index (χ3n) is 3.59. The molecule has 2 aromatic carbocycles. The second-order valence-corrected chi connectivity index (χ2v) is 8.03. The van der Waals surface area contributed by atoms with E-state index in [1.165, 1.54) is 0 Å². The van der Waals surface area contributed by atoms with Gasteiger partial charge in [0.1, 0.15) is 5.75 Å². The van der Waals surface area contributed by atoms with Gasteiger partial charge in [0.25, 0.3) is 0 Å². The minimum Gasteiger partial charge on any atom is -0.482 e. The van der Waals surface area contributed by atoms with Gasteiger partial charge in [-0.05, 0) is 48.2 Å². The molecule has 2 rings (SSSR count). The minimum atomic E-state index is -3.36. The lowest BCUT2D eigenvalue weighted by Crippen LogP contribution is -2.29. The smallest absolute Gasteiger partial charge is 0.341 e. The van der Waals surface area contributed by atoms with Crippen molar-refractivity contribution in [2.45, 2.75) is 12.8 Å². The highest BCUT2D eigenvalue weighted by Crippen LogP contribution is 2.13. The third kappa shape index (κ3) is 7.43. The summed E-state index contributed by atoms with van der Waals surface area (Å²) in [5, 5.41) is 9.17. The van der Waals surface area contributed by atoms with Crippen molar-refractivity contribution in [2.24, 2.45) is 0 Å². The predicted octanol–water partition coefficient (Wildman–Crippen LogP) is 2.51.